The van der Waals surface area contributed by atoms with Gasteiger partial charge in [0.05, 0.1) is 12.1 Å². The summed E-state index contributed by atoms with van der Waals surface area (Å²) in [5, 5.41) is 12.5. The van der Waals surface area contributed by atoms with Gasteiger partial charge in [0.25, 0.3) is 0 Å². The molecule has 1 aliphatic carbocycles. The van der Waals surface area contributed by atoms with Crippen molar-refractivity contribution < 1.29 is 0 Å². The van der Waals surface area contributed by atoms with Crippen LogP contribution in [0.1, 0.15) is 64.7 Å². The Balaban J connectivity index is 1.67. The zero-order valence-corrected chi connectivity index (χ0v) is 13.2. The standard InChI is InChI=1S/C17H31N3/c1-2-11-19-16(15-18)6-12-20-13-9-17(10-14-20)7-4-3-5-8-17/h16,19H,2-14H2,1H3. The van der Waals surface area contributed by atoms with E-state index >= 15 is 0 Å². The molecule has 0 bridgehead atoms. The van der Waals surface area contributed by atoms with Crippen LogP contribution in [-0.4, -0.2) is 37.1 Å². The van der Waals surface area contributed by atoms with Crippen molar-refractivity contribution in [1.82, 2.24) is 10.2 Å². The lowest BCUT2D eigenvalue weighted by Gasteiger charge is -2.44. The van der Waals surface area contributed by atoms with Gasteiger partial charge in [-0.25, -0.2) is 0 Å². The fourth-order valence-corrected chi connectivity index (χ4v) is 3.90. The Bertz CT molecular complexity index is 305. The van der Waals surface area contributed by atoms with E-state index in [0.717, 1.165) is 25.9 Å². The molecular weight excluding hydrogens is 246 g/mol. The van der Waals surface area contributed by atoms with Gasteiger partial charge in [0.2, 0.25) is 0 Å². The Morgan fingerprint density at radius 1 is 1.15 bits per heavy atom. The fraction of sp³-hybridized carbons (Fsp3) is 0.941. The highest BCUT2D eigenvalue weighted by Crippen LogP contribution is 2.44. The van der Waals surface area contributed by atoms with Crippen molar-refractivity contribution in [3.05, 3.63) is 0 Å². The molecule has 1 unspecified atom stereocenters. The largest absolute Gasteiger partial charge is 0.303 e. The van der Waals surface area contributed by atoms with Gasteiger partial charge in [-0.05, 0) is 63.6 Å². The Hall–Kier alpha value is -0.590. The molecule has 1 saturated carbocycles. The number of hydrogen-bond donors (Lipinski definition) is 1. The van der Waals surface area contributed by atoms with Crippen LogP contribution in [0.3, 0.4) is 0 Å². The average Bonchev–Trinajstić information content (AvgIpc) is 2.50. The molecular formula is C17H31N3. The van der Waals surface area contributed by atoms with Crippen LogP contribution in [0.2, 0.25) is 0 Å². The van der Waals surface area contributed by atoms with E-state index in [9.17, 15) is 0 Å². The van der Waals surface area contributed by atoms with Crippen LogP contribution < -0.4 is 5.32 Å². The van der Waals surface area contributed by atoms with Crippen LogP contribution in [0.4, 0.5) is 0 Å². The summed E-state index contributed by atoms with van der Waals surface area (Å²) in [6.07, 6.45) is 12.2. The molecule has 1 spiro atoms. The van der Waals surface area contributed by atoms with Crippen molar-refractivity contribution in [2.24, 2.45) is 5.41 Å². The first-order valence-corrected chi connectivity index (χ1v) is 8.63. The Morgan fingerprint density at radius 3 is 2.45 bits per heavy atom. The third-order valence-corrected chi connectivity index (χ3v) is 5.36. The second-order valence-electron chi connectivity index (χ2n) is 6.83. The van der Waals surface area contributed by atoms with Crippen molar-refractivity contribution >= 4 is 0 Å². The Labute approximate surface area is 124 Å². The van der Waals surface area contributed by atoms with Crippen molar-refractivity contribution in [2.45, 2.75) is 70.8 Å². The van der Waals surface area contributed by atoms with Crippen LogP contribution in [0, 0.1) is 16.7 Å². The number of nitriles is 1. The van der Waals surface area contributed by atoms with Crippen molar-refractivity contribution in [1.29, 1.82) is 5.26 Å². The maximum Gasteiger partial charge on any atom is 0.0965 e. The summed E-state index contributed by atoms with van der Waals surface area (Å²) in [5.41, 5.74) is 0.698. The minimum atomic E-state index is 0.0421. The molecule has 2 rings (SSSR count). The van der Waals surface area contributed by atoms with E-state index in [-0.39, 0.29) is 6.04 Å². The molecule has 20 heavy (non-hydrogen) atoms. The second-order valence-corrected chi connectivity index (χ2v) is 6.83. The second kappa shape index (κ2) is 8.00. The first-order valence-electron chi connectivity index (χ1n) is 8.63. The predicted octanol–water partition coefficient (Wildman–Crippen LogP) is 3.31. The highest BCUT2D eigenvalue weighted by atomic mass is 15.1. The van der Waals surface area contributed by atoms with Crippen molar-refractivity contribution in [2.75, 3.05) is 26.2 Å². The zero-order valence-electron chi connectivity index (χ0n) is 13.2. The molecule has 1 atom stereocenters. The minimum absolute atomic E-state index is 0.0421. The summed E-state index contributed by atoms with van der Waals surface area (Å²) >= 11 is 0. The van der Waals surface area contributed by atoms with Gasteiger partial charge in [-0.1, -0.05) is 26.2 Å². The quantitative estimate of drug-likeness (QED) is 0.809. The van der Waals surface area contributed by atoms with Crippen LogP contribution in [-0.2, 0) is 0 Å². The molecule has 3 heteroatoms. The van der Waals surface area contributed by atoms with Gasteiger partial charge in [0.1, 0.15) is 0 Å². The lowest BCUT2D eigenvalue weighted by atomic mass is 9.68. The maximum absolute atomic E-state index is 9.15. The number of hydrogen-bond acceptors (Lipinski definition) is 3. The molecule has 0 aromatic rings. The number of nitrogens with zero attached hydrogens (tertiary/aromatic N) is 2. The molecule has 0 aromatic carbocycles. The molecule has 0 amide bonds. The molecule has 1 heterocycles. The number of nitrogens with one attached hydrogen (secondary N) is 1. The summed E-state index contributed by atoms with van der Waals surface area (Å²) < 4.78 is 0. The molecule has 114 valence electrons. The number of rotatable bonds is 6. The van der Waals surface area contributed by atoms with Gasteiger partial charge in [-0.2, -0.15) is 5.26 Å². The normalized spacial score (nSPS) is 24.4. The molecule has 2 fully saturated rings. The summed E-state index contributed by atoms with van der Waals surface area (Å²) in [5.74, 6) is 0. The van der Waals surface area contributed by atoms with E-state index in [2.05, 4.69) is 23.2 Å². The zero-order chi connectivity index (χ0) is 14.3. The van der Waals surface area contributed by atoms with Crippen LogP contribution in [0.15, 0.2) is 0 Å². The van der Waals surface area contributed by atoms with Crippen molar-refractivity contribution in [3.63, 3.8) is 0 Å². The van der Waals surface area contributed by atoms with Crippen molar-refractivity contribution in [3.8, 4) is 6.07 Å². The average molecular weight is 277 g/mol. The van der Waals surface area contributed by atoms with Crippen LogP contribution >= 0.6 is 0 Å². The molecule has 0 aromatic heterocycles. The van der Waals surface area contributed by atoms with Crippen LogP contribution in [0.25, 0.3) is 0 Å². The third kappa shape index (κ3) is 4.46. The van der Waals surface area contributed by atoms with Gasteiger partial charge in [-0.15, -0.1) is 0 Å². The molecule has 2 aliphatic rings. The van der Waals surface area contributed by atoms with Gasteiger partial charge < -0.3 is 10.2 Å². The van der Waals surface area contributed by atoms with E-state index in [1.54, 1.807) is 0 Å². The lowest BCUT2D eigenvalue weighted by Crippen LogP contribution is -2.42. The molecule has 3 nitrogen and oxygen atoms in total. The summed E-state index contributed by atoms with van der Waals surface area (Å²) in [7, 11) is 0. The van der Waals surface area contributed by atoms with E-state index in [1.807, 2.05) is 0 Å². The topological polar surface area (TPSA) is 39.1 Å². The first kappa shape index (κ1) is 15.8. The summed E-state index contributed by atoms with van der Waals surface area (Å²) in [6, 6.07) is 2.44. The highest BCUT2D eigenvalue weighted by molar-refractivity contribution is 4.92. The minimum Gasteiger partial charge on any atom is -0.303 e. The monoisotopic (exact) mass is 277 g/mol. The van der Waals surface area contributed by atoms with Gasteiger partial charge in [-0.3, -0.25) is 0 Å². The highest BCUT2D eigenvalue weighted by Gasteiger charge is 2.35. The predicted molar refractivity (Wildman–Crippen MR) is 83.5 cm³/mol. The fourth-order valence-electron chi connectivity index (χ4n) is 3.90. The van der Waals surface area contributed by atoms with E-state index in [1.165, 1.54) is 58.0 Å². The smallest absolute Gasteiger partial charge is 0.0965 e. The molecule has 0 radical (unpaired) electrons. The van der Waals surface area contributed by atoms with Crippen LogP contribution in [0.5, 0.6) is 0 Å². The molecule has 1 N–H and O–H groups in total. The Morgan fingerprint density at radius 2 is 1.85 bits per heavy atom. The summed E-state index contributed by atoms with van der Waals surface area (Å²) in [6.45, 7) is 6.71. The van der Waals surface area contributed by atoms with E-state index in [4.69, 9.17) is 5.26 Å². The third-order valence-electron chi connectivity index (χ3n) is 5.36. The van der Waals surface area contributed by atoms with E-state index in [0.29, 0.717) is 5.41 Å². The SMILES string of the molecule is CCCNC(C#N)CCN1CCC2(CCCCC2)CC1. The van der Waals surface area contributed by atoms with Gasteiger partial charge in [0.15, 0.2) is 0 Å². The number of piperidine rings is 1. The number of likely N-dealkylation sites (tertiary alicyclic amines) is 1. The van der Waals surface area contributed by atoms with Gasteiger partial charge >= 0.3 is 0 Å². The molecule has 1 saturated heterocycles. The Kier molecular flexibility index (Phi) is 6.32. The first-order chi connectivity index (χ1) is 9.78. The van der Waals surface area contributed by atoms with Gasteiger partial charge in [0, 0.05) is 6.54 Å². The molecule has 1 aliphatic heterocycles. The maximum atomic E-state index is 9.15. The van der Waals surface area contributed by atoms with E-state index < -0.39 is 0 Å². The lowest BCUT2D eigenvalue weighted by molar-refractivity contribution is 0.0666. The summed E-state index contributed by atoms with van der Waals surface area (Å²) in [4.78, 5) is 2.58.